The van der Waals surface area contributed by atoms with Crippen molar-refractivity contribution >= 4 is 16.5 Å². The lowest BCUT2D eigenvalue weighted by Gasteiger charge is -2.34. The fourth-order valence-corrected chi connectivity index (χ4v) is 3.74. The molecule has 0 bridgehead atoms. The van der Waals surface area contributed by atoms with E-state index < -0.39 is 0 Å². The number of anilines is 1. The fraction of sp³-hybridized carbons (Fsp3) is 0.438. The van der Waals surface area contributed by atoms with E-state index in [-0.39, 0.29) is 0 Å². The van der Waals surface area contributed by atoms with Crippen molar-refractivity contribution in [2.75, 3.05) is 37.9 Å². The third-order valence-electron chi connectivity index (χ3n) is 4.09. The van der Waals surface area contributed by atoms with Crippen molar-refractivity contribution in [2.45, 2.75) is 13.5 Å². The summed E-state index contributed by atoms with van der Waals surface area (Å²) >= 11 is 1.74. The zero-order chi connectivity index (χ0) is 14.9. The zero-order valence-electron chi connectivity index (χ0n) is 12.6. The van der Waals surface area contributed by atoms with Crippen LogP contribution in [0.3, 0.4) is 0 Å². The summed E-state index contributed by atoms with van der Waals surface area (Å²) in [5.74, 6) is 1.72. The number of nitrogens with zero attached hydrogens (tertiary/aromatic N) is 3. The van der Waals surface area contributed by atoms with Crippen LogP contribution < -0.4 is 14.4 Å². The minimum atomic E-state index is 0.338. The second kappa shape index (κ2) is 5.78. The molecule has 0 N–H and O–H groups in total. The van der Waals surface area contributed by atoms with Crippen LogP contribution in [0.1, 0.15) is 11.3 Å². The Bertz CT molecular complexity index is 665. The number of hydrogen-bond acceptors (Lipinski definition) is 6. The van der Waals surface area contributed by atoms with Crippen LogP contribution in [-0.2, 0) is 6.54 Å². The van der Waals surface area contributed by atoms with Crippen LogP contribution in [0.4, 0.5) is 5.13 Å². The largest absolute Gasteiger partial charge is 0.454 e. The van der Waals surface area contributed by atoms with Crippen LogP contribution in [0.15, 0.2) is 23.6 Å². The lowest BCUT2D eigenvalue weighted by molar-refractivity contribution is 0.174. The number of benzene rings is 1. The Labute approximate surface area is 134 Å². The van der Waals surface area contributed by atoms with Crippen LogP contribution in [-0.4, -0.2) is 42.9 Å². The maximum Gasteiger partial charge on any atom is 0.231 e. The van der Waals surface area contributed by atoms with Crippen molar-refractivity contribution in [3.8, 4) is 11.5 Å². The number of aryl methyl sites for hydroxylation is 1. The summed E-state index contributed by atoms with van der Waals surface area (Å²) in [5, 5.41) is 3.27. The molecule has 116 valence electrons. The van der Waals surface area contributed by atoms with E-state index in [1.165, 1.54) is 5.56 Å². The molecule has 5 nitrogen and oxygen atoms in total. The first-order valence-corrected chi connectivity index (χ1v) is 8.44. The predicted molar refractivity (Wildman–Crippen MR) is 86.9 cm³/mol. The molecule has 6 heteroatoms. The van der Waals surface area contributed by atoms with Gasteiger partial charge in [-0.15, -0.1) is 11.3 Å². The smallest absolute Gasteiger partial charge is 0.231 e. The van der Waals surface area contributed by atoms with E-state index in [4.69, 9.17) is 9.47 Å². The minimum Gasteiger partial charge on any atom is -0.454 e. The van der Waals surface area contributed by atoms with Gasteiger partial charge >= 0.3 is 0 Å². The summed E-state index contributed by atoms with van der Waals surface area (Å²) in [6.45, 7) is 7.55. The van der Waals surface area contributed by atoms with Gasteiger partial charge in [0.25, 0.3) is 0 Å². The third-order valence-corrected chi connectivity index (χ3v) is 5.11. The van der Waals surface area contributed by atoms with E-state index in [9.17, 15) is 0 Å². The summed E-state index contributed by atoms with van der Waals surface area (Å²) < 4.78 is 10.8. The molecule has 3 heterocycles. The van der Waals surface area contributed by atoms with E-state index in [2.05, 4.69) is 39.2 Å². The van der Waals surface area contributed by atoms with E-state index in [1.54, 1.807) is 11.3 Å². The molecule has 0 saturated carbocycles. The number of thiazole rings is 1. The molecule has 0 spiro atoms. The van der Waals surface area contributed by atoms with Crippen molar-refractivity contribution < 1.29 is 9.47 Å². The van der Waals surface area contributed by atoms with Gasteiger partial charge in [0.2, 0.25) is 6.79 Å². The summed E-state index contributed by atoms with van der Waals surface area (Å²) in [6, 6.07) is 6.23. The minimum absolute atomic E-state index is 0.338. The molecule has 1 saturated heterocycles. The monoisotopic (exact) mass is 317 g/mol. The normalized spacial score (nSPS) is 18.0. The van der Waals surface area contributed by atoms with E-state index in [1.807, 2.05) is 6.07 Å². The third kappa shape index (κ3) is 2.76. The zero-order valence-corrected chi connectivity index (χ0v) is 13.4. The van der Waals surface area contributed by atoms with Crippen molar-refractivity contribution in [2.24, 2.45) is 0 Å². The van der Waals surface area contributed by atoms with Gasteiger partial charge in [0.15, 0.2) is 16.6 Å². The van der Waals surface area contributed by atoms with E-state index in [0.717, 1.165) is 55.0 Å². The highest BCUT2D eigenvalue weighted by Gasteiger charge is 2.20. The molecule has 1 fully saturated rings. The Morgan fingerprint density at radius 2 is 1.95 bits per heavy atom. The summed E-state index contributed by atoms with van der Waals surface area (Å²) in [6.07, 6.45) is 0. The van der Waals surface area contributed by atoms with Crippen molar-refractivity contribution in [3.63, 3.8) is 0 Å². The average Bonchev–Trinajstić information content (AvgIpc) is 3.16. The summed E-state index contributed by atoms with van der Waals surface area (Å²) in [4.78, 5) is 9.44. The molecule has 22 heavy (non-hydrogen) atoms. The predicted octanol–water partition coefficient (Wildman–Crippen LogP) is 2.50. The molecule has 0 atom stereocenters. The molecule has 2 aliphatic rings. The number of ether oxygens (including phenoxy) is 2. The number of aromatic nitrogens is 1. The molecule has 0 unspecified atom stereocenters. The van der Waals surface area contributed by atoms with Crippen LogP contribution in [0.25, 0.3) is 0 Å². The maximum atomic E-state index is 5.45. The number of rotatable bonds is 3. The van der Waals surface area contributed by atoms with Crippen molar-refractivity contribution in [1.29, 1.82) is 0 Å². The first kappa shape index (κ1) is 13.8. The molecule has 1 aromatic carbocycles. The number of fused-ring (bicyclic) bond motifs is 1. The topological polar surface area (TPSA) is 37.8 Å². The molecule has 2 aliphatic heterocycles. The van der Waals surface area contributed by atoms with Crippen LogP contribution in [0.5, 0.6) is 11.5 Å². The number of hydrogen-bond donors (Lipinski definition) is 0. The van der Waals surface area contributed by atoms with Crippen LogP contribution in [0, 0.1) is 6.92 Å². The maximum absolute atomic E-state index is 5.45. The lowest BCUT2D eigenvalue weighted by Crippen LogP contribution is -2.45. The van der Waals surface area contributed by atoms with Crippen molar-refractivity contribution in [1.82, 2.24) is 9.88 Å². The average molecular weight is 317 g/mol. The second-order valence-electron chi connectivity index (χ2n) is 5.72. The SMILES string of the molecule is Cc1csc(N2CCN(Cc3ccc4c(c3)OCO4)CC2)n1. The molecular weight excluding hydrogens is 298 g/mol. The summed E-state index contributed by atoms with van der Waals surface area (Å²) in [7, 11) is 0. The van der Waals surface area contributed by atoms with Crippen LogP contribution in [0.2, 0.25) is 0 Å². The lowest BCUT2D eigenvalue weighted by atomic mass is 10.1. The Morgan fingerprint density at radius 1 is 1.14 bits per heavy atom. The molecule has 1 aromatic heterocycles. The van der Waals surface area contributed by atoms with Crippen LogP contribution >= 0.6 is 11.3 Å². The molecule has 0 radical (unpaired) electrons. The van der Waals surface area contributed by atoms with Gasteiger partial charge in [-0.1, -0.05) is 6.07 Å². The molecule has 0 aliphatic carbocycles. The van der Waals surface area contributed by atoms with Gasteiger partial charge in [-0.2, -0.15) is 0 Å². The first-order chi connectivity index (χ1) is 10.8. The Kier molecular flexibility index (Phi) is 3.63. The Balaban J connectivity index is 1.36. The quantitative estimate of drug-likeness (QED) is 0.869. The number of piperazine rings is 1. The summed E-state index contributed by atoms with van der Waals surface area (Å²) in [5.41, 5.74) is 2.39. The first-order valence-electron chi connectivity index (χ1n) is 7.56. The van der Waals surface area contributed by atoms with Gasteiger partial charge in [0.05, 0.1) is 5.69 Å². The van der Waals surface area contributed by atoms with Gasteiger partial charge in [-0.25, -0.2) is 4.98 Å². The highest BCUT2D eigenvalue weighted by molar-refractivity contribution is 7.13. The molecule has 4 rings (SSSR count). The highest BCUT2D eigenvalue weighted by atomic mass is 32.1. The van der Waals surface area contributed by atoms with Gasteiger partial charge in [-0.3, -0.25) is 4.90 Å². The Hall–Kier alpha value is -1.79. The molecular formula is C16H19N3O2S. The van der Waals surface area contributed by atoms with E-state index in [0.29, 0.717) is 6.79 Å². The van der Waals surface area contributed by atoms with E-state index >= 15 is 0 Å². The van der Waals surface area contributed by atoms with Gasteiger partial charge in [0.1, 0.15) is 0 Å². The molecule has 2 aromatic rings. The second-order valence-corrected chi connectivity index (χ2v) is 6.56. The Morgan fingerprint density at radius 3 is 2.73 bits per heavy atom. The standard InChI is InChI=1S/C16H19N3O2S/c1-12-10-22-16(17-12)19-6-4-18(5-7-19)9-13-2-3-14-15(8-13)21-11-20-14/h2-3,8,10H,4-7,9,11H2,1H3. The van der Waals surface area contributed by atoms with Gasteiger partial charge < -0.3 is 14.4 Å². The van der Waals surface area contributed by atoms with Gasteiger partial charge in [-0.05, 0) is 24.6 Å². The van der Waals surface area contributed by atoms with Crippen molar-refractivity contribution in [3.05, 3.63) is 34.8 Å². The molecule has 0 amide bonds. The fourth-order valence-electron chi connectivity index (χ4n) is 2.88. The highest BCUT2D eigenvalue weighted by Crippen LogP contribution is 2.33. The van der Waals surface area contributed by atoms with Gasteiger partial charge in [0, 0.05) is 38.1 Å².